The van der Waals surface area contributed by atoms with Gasteiger partial charge < -0.3 is 19.5 Å². The van der Waals surface area contributed by atoms with E-state index in [4.69, 9.17) is 9.47 Å². The third-order valence-corrected chi connectivity index (χ3v) is 9.00. The van der Waals surface area contributed by atoms with Crippen LogP contribution < -0.4 is 9.47 Å². The van der Waals surface area contributed by atoms with E-state index >= 15 is 0 Å². The first-order valence-electron chi connectivity index (χ1n) is 12.6. The van der Waals surface area contributed by atoms with Crippen molar-refractivity contribution in [3.8, 4) is 22.6 Å². The molecule has 1 unspecified atom stereocenters. The second-order valence-corrected chi connectivity index (χ2v) is 10.6. The van der Waals surface area contributed by atoms with Crippen LogP contribution >= 0.6 is 0 Å². The Morgan fingerprint density at radius 2 is 1.85 bits per heavy atom. The average molecular weight is 463 g/mol. The molecule has 5 aliphatic rings. The third-order valence-electron chi connectivity index (χ3n) is 9.00. The maximum absolute atomic E-state index is 12.8. The quantitative estimate of drug-likeness (QED) is 0.661. The maximum Gasteiger partial charge on any atom is 0.408 e. The summed E-state index contributed by atoms with van der Waals surface area (Å²) in [5.41, 5.74) is 4.70. The number of rotatable bonds is 5. The van der Waals surface area contributed by atoms with E-state index in [1.807, 2.05) is 23.1 Å². The van der Waals surface area contributed by atoms with Gasteiger partial charge in [-0.2, -0.15) is 0 Å². The predicted octanol–water partition coefficient (Wildman–Crippen LogP) is 5.21. The van der Waals surface area contributed by atoms with Crippen molar-refractivity contribution in [1.82, 2.24) is 9.80 Å². The number of carbonyl (C=O) groups is 1. The van der Waals surface area contributed by atoms with Crippen LogP contribution in [-0.2, 0) is 6.42 Å². The van der Waals surface area contributed by atoms with Gasteiger partial charge in [0, 0.05) is 12.1 Å². The minimum atomic E-state index is -0.749. The molecule has 7 rings (SSSR count). The zero-order chi connectivity index (χ0) is 23.4. The zero-order valence-electron chi connectivity index (χ0n) is 20.1. The lowest BCUT2D eigenvalue weighted by molar-refractivity contribution is -0.0243. The van der Waals surface area contributed by atoms with Gasteiger partial charge in [-0.05, 0) is 97.8 Å². The van der Waals surface area contributed by atoms with Crippen molar-refractivity contribution in [2.24, 2.45) is 11.3 Å². The summed E-state index contributed by atoms with van der Waals surface area (Å²) < 4.78 is 11.1. The molecule has 2 bridgehead atoms. The summed E-state index contributed by atoms with van der Waals surface area (Å²) in [5.74, 6) is 2.09. The van der Waals surface area contributed by atoms with Gasteiger partial charge in [-0.3, -0.25) is 4.90 Å². The Labute approximate surface area is 201 Å². The standard InChI is InChI=1S/C28H34N2O4/c1-33-21-4-6-25(34-2)23(16-21)19-3-5-22-20(15-19)7-10-28(11-12-28)26(22)30(27(31)32)24-17-29-13-8-18(24)9-14-29/h3-6,15-16,18,24,26H,7-14,17H2,1-2H3,(H,31,32)/t24-,26?/m1/s1. The molecule has 2 aromatic rings. The van der Waals surface area contributed by atoms with Crippen LogP contribution in [0.4, 0.5) is 4.79 Å². The summed E-state index contributed by atoms with van der Waals surface area (Å²) in [6, 6.07) is 12.5. The lowest BCUT2D eigenvalue weighted by Gasteiger charge is -2.52. The van der Waals surface area contributed by atoms with Crippen LogP contribution in [0.5, 0.6) is 11.5 Å². The molecule has 6 heteroatoms. The first-order chi connectivity index (χ1) is 16.5. The van der Waals surface area contributed by atoms with Crippen molar-refractivity contribution in [3.63, 3.8) is 0 Å². The highest BCUT2D eigenvalue weighted by Crippen LogP contribution is 2.64. The number of fused-ring (bicyclic) bond motifs is 4. The Morgan fingerprint density at radius 1 is 1.06 bits per heavy atom. The number of ether oxygens (including phenoxy) is 2. The van der Waals surface area contributed by atoms with E-state index in [-0.39, 0.29) is 17.5 Å². The number of hydrogen-bond acceptors (Lipinski definition) is 4. The summed E-state index contributed by atoms with van der Waals surface area (Å²) >= 11 is 0. The molecule has 3 aliphatic heterocycles. The van der Waals surface area contributed by atoms with Crippen LogP contribution in [0.2, 0.25) is 0 Å². The van der Waals surface area contributed by atoms with Crippen LogP contribution in [0.15, 0.2) is 36.4 Å². The summed E-state index contributed by atoms with van der Waals surface area (Å²) in [4.78, 5) is 17.2. The molecule has 3 saturated heterocycles. The molecular weight excluding hydrogens is 428 g/mol. The fourth-order valence-corrected chi connectivity index (χ4v) is 6.97. The van der Waals surface area contributed by atoms with Crippen molar-refractivity contribution >= 4 is 6.09 Å². The Morgan fingerprint density at radius 3 is 2.47 bits per heavy atom. The van der Waals surface area contributed by atoms with Gasteiger partial charge in [0.2, 0.25) is 0 Å². The molecule has 1 amide bonds. The molecule has 4 fully saturated rings. The molecule has 0 aromatic heterocycles. The van der Waals surface area contributed by atoms with Crippen LogP contribution in [0, 0.1) is 11.3 Å². The number of amides is 1. The summed E-state index contributed by atoms with van der Waals surface area (Å²) in [6.45, 7) is 3.12. The van der Waals surface area contributed by atoms with Gasteiger partial charge in [0.05, 0.1) is 26.3 Å². The Kier molecular flexibility index (Phi) is 5.25. The summed E-state index contributed by atoms with van der Waals surface area (Å²) in [6.07, 6.45) is 5.82. The van der Waals surface area contributed by atoms with Gasteiger partial charge in [-0.1, -0.05) is 18.2 Å². The molecule has 1 saturated carbocycles. The summed E-state index contributed by atoms with van der Waals surface area (Å²) in [5, 5.41) is 10.5. The monoisotopic (exact) mass is 462 g/mol. The Hall–Kier alpha value is -2.73. The molecule has 180 valence electrons. The molecule has 2 aromatic carbocycles. The smallest absolute Gasteiger partial charge is 0.408 e. The fraction of sp³-hybridized carbons (Fsp3) is 0.536. The highest BCUT2D eigenvalue weighted by molar-refractivity contribution is 5.74. The highest BCUT2D eigenvalue weighted by Gasteiger charge is 2.57. The highest BCUT2D eigenvalue weighted by atomic mass is 16.5. The van der Waals surface area contributed by atoms with Gasteiger partial charge in [0.1, 0.15) is 11.5 Å². The molecular formula is C28H34N2O4. The molecule has 3 heterocycles. The molecule has 2 atom stereocenters. The van der Waals surface area contributed by atoms with Crippen molar-refractivity contribution < 1.29 is 19.4 Å². The fourth-order valence-electron chi connectivity index (χ4n) is 6.97. The lowest BCUT2D eigenvalue weighted by Crippen LogP contribution is -2.60. The van der Waals surface area contributed by atoms with Crippen molar-refractivity contribution in [3.05, 3.63) is 47.5 Å². The van der Waals surface area contributed by atoms with E-state index in [2.05, 4.69) is 23.1 Å². The molecule has 34 heavy (non-hydrogen) atoms. The normalized spacial score (nSPS) is 28.3. The predicted molar refractivity (Wildman–Crippen MR) is 131 cm³/mol. The van der Waals surface area contributed by atoms with E-state index in [1.165, 1.54) is 11.1 Å². The third kappa shape index (κ3) is 3.46. The number of aryl methyl sites for hydroxylation is 1. The second-order valence-electron chi connectivity index (χ2n) is 10.6. The molecule has 0 radical (unpaired) electrons. The first-order valence-corrected chi connectivity index (χ1v) is 12.6. The zero-order valence-corrected chi connectivity index (χ0v) is 20.1. The molecule has 6 nitrogen and oxygen atoms in total. The van der Waals surface area contributed by atoms with E-state index in [1.54, 1.807) is 14.2 Å². The van der Waals surface area contributed by atoms with E-state index < -0.39 is 6.09 Å². The van der Waals surface area contributed by atoms with E-state index in [9.17, 15) is 9.90 Å². The van der Waals surface area contributed by atoms with Gasteiger partial charge in [0.25, 0.3) is 0 Å². The van der Waals surface area contributed by atoms with Crippen LogP contribution in [-0.4, -0.2) is 60.9 Å². The molecule has 1 N–H and O–H groups in total. The maximum atomic E-state index is 12.8. The molecule has 2 aliphatic carbocycles. The lowest BCUT2D eigenvalue weighted by atomic mass is 9.73. The molecule has 1 spiro atoms. The number of piperidine rings is 3. The average Bonchev–Trinajstić information content (AvgIpc) is 3.65. The van der Waals surface area contributed by atoms with E-state index in [0.717, 1.165) is 80.8 Å². The van der Waals surface area contributed by atoms with Gasteiger partial charge in [-0.25, -0.2) is 4.79 Å². The minimum absolute atomic E-state index is 0.0412. The summed E-state index contributed by atoms with van der Waals surface area (Å²) in [7, 11) is 3.36. The largest absolute Gasteiger partial charge is 0.497 e. The SMILES string of the molecule is COc1ccc(OC)c(-c2ccc3c(c2)CCC2(CC2)C3N(C(=O)O)[C@@H]2CN3CCC2CC3)c1. The number of carboxylic acid groups (broad SMARTS) is 1. The Balaban J connectivity index is 1.41. The first kappa shape index (κ1) is 21.8. The Bertz CT molecular complexity index is 1100. The van der Waals surface area contributed by atoms with Crippen molar-refractivity contribution in [1.29, 1.82) is 0 Å². The number of methoxy groups -OCH3 is 2. The van der Waals surface area contributed by atoms with E-state index in [0.29, 0.717) is 5.92 Å². The van der Waals surface area contributed by atoms with Crippen molar-refractivity contribution in [2.75, 3.05) is 33.9 Å². The van der Waals surface area contributed by atoms with Gasteiger partial charge in [0.15, 0.2) is 0 Å². The van der Waals surface area contributed by atoms with Crippen molar-refractivity contribution in [2.45, 2.75) is 50.6 Å². The second kappa shape index (κ2) is 8.19. The number of hydrogen-bond donors (Lipinski definition) is 1. The van der Waals surface area contributed by atoms with Crippen LogP contribution in [0.25, 0.3) is 11.1 Å². The van der Waals surface area contributed by atoms with Crippen LogP contribution in [0.1, 0.15) is 49.3 Å². The minimum Gasteiger partial charge on any atom is -0.497 e. The van der Waals surface area contributed by atoms with Gasteiger partial charge in [-0.15, -0.1) is 0 Å². The number of benzene rings is 2. The topological polar surface area (TPSA) is 62.2 Å². The number of nitrogens with zero attached hydrogens (tertiary/aromatic N) is 2. The van der Waals surface area contributed by atoms with Crippen LogP contribution in [0.3, 0.4) is 0 Å². The van der Waals surface area contributed by atoms with Gasteiger partial charge >= 0.3 is 6.09 Å².